The second-order valence-corrected chi connectivity index (χ2v) is 7.15. The van der Waals surface area contributed by atoms with Crippen LogP contribution in [0.1, 0.15) is 21.5 Å². The molecule has 3 nitrogen and oxygen atoms in total. The highest BCUT2D eigenvalue weighted by atomic mass is 19.1. The summed E-state index contributed by atoms with van der Waals surface area (Å²) < 4.78 is 18.6. The first kappa shape index (κ1) is 19.6. The zero-order valence-electron chi connectivity index (χ0n) is 16.7. The molecule has 4 aromatic carbocycles. The van der Waals surface area contributed by atoms with Gasteiger partial charge in [0.05, 0.1) is 7.11 Å². The van der Waals surface area contributed by atoms with Crippen molar-refractivity contribution in [2.45, 2.75) is 13.1 Å². The fourth-order valence-corrected chi connectivity index (χ4v) is 3.56. The van der Waals surface area contributed by atoms with Gasteiger partial charge in [-0.2, -0.15) is 0 Å². The number of nitrogens with zero attached hydrogens (tertiary/aromatic N) is 1. The number of fused-ring (bicyclic) bond motifs is 1. The van der Waals surface area contributed by atoms with Crippen LogP contribution >= 0.6 is 0 Å². The Morgan fingerprint density at radius 3 is 2.27 bits per heavy atom. The predicted octanol–water partition coefficient (Wildman–Crippen LogP) is 5.83. The summed E-state index contributed by atoms with van der Waals surface area (Å²) in [6, 6.07) is 27.6. The van der Waals surface area contributed by atoms with Crippen molar-refractivity contribution in [3.8, 4) is 5.75 Å². The van der Waals surface area contributed by atoms with Crippen molar-refractivity contribution in [3.63, 3.8) is 0 Å². The molecule has 4 heteroatoms. The monoisotopic (exact) mass is 399 g/mol. The van der Waals surface area contributed by atoms with Crippen molar-refractivity contribution in [2.24, 2.45) is 0 Å². The number of methoxy groups -OCH3 is 1. The standard InChI is InChI=1S/C26H22FNO2/c1-30-24-15-9-19(10-16-24)17-28(26(29)21-11-13-23(27)14-12-21)18-22-7-4-6-20-5-2-3-8-25(20)22/h2-16H,17-18H2,1H3. The molecule has 0 atom stereocenters. The van der Waals surface area contributed by atoms with Gasteiger partial charge in [-0.3, -0.25) is 4.79 Å². The summed E-state index contributed by atoms with van der Waals surface area (Å²) in [5.74, 6) is 0.269. The molecule has 4 aromatic rings. The molecule has 150 valence electrons. The highest BCUT2D eigenvalue weighted by Crippen LogP contribution is 2.23. The van der Waals surface area contributed by atoms with E-state index >= 15 is 0 Å². The Kier molecular flexibility index (Phi) is 5.75. The predicted molar refractivity (Wildman–Crippen MR) is 117 cm³/mol. The Labute approximate surface area is 175 Å². The van der Waals surface area contributed by atoms with E-state index in [1.807, 2.05) is 48.5 Å². The maximum Gasteiger partial charge on any atom is 0.254 e. The van der Waals surface area contributed by atoms with Crippen LogP contribution in [0.5, 0.6) is 5.75 Å². The number of ether oxygens (including phenoxy) is 1. The van der Waals surface area contributed by atoms with E-state index in [1.54, 1.807) is 12.0 Å². The molecule has 0 spiro atoms. The minimum absolute atomic E-state index is 0.140. The number of carbonyl (C=O) groups excluding carboxylic acids is 1. The maximum absolute atomic E-state index is 13.4. The van der Waals surface area contributed by atoms with E-state index in [9.17, 15) is 9.18 Å². The molecule has 0 unspecified atom stereocenters. The summed E-state index contributed by atoms with van der Waals surface area (Å²) >= 11 is 0. The van der Waals surface area contributed by atoms with Gasteiger partial charge in [-0.05, 0) is 58.3 Å². The molecule has 4 rings (SSSR count). The SMILES string of the molecule is COc1ccc(CN(Cc2cccc3ccccc23)C(=O)c2ccc(F)cc2)cc1. The van der Waals surface area contributed by atoms with Gasteiger partial charge >= 0.3 is 0 Å². The lowest BCUT2D eigenvalue weighted by Crippen LogP contribution is -2.30. The molecule has 0 aliphatic carbocycles. The van der Waals surface area contributed by atoms with Gasteiger partial charge in [-0.15, -0.1) is 0 Å². The van der Waals surface area contributed by atoms with E-state index in [0.717, 1.165) is 27.6 Å². The molecule has 0 saturated heterocycles. The van der Waals surface area contributed by atoms with Gasteiger partial charge in [0.25, 0.3) is 5.91 Å². The Bertz CT molecular complexity index is 1150. The minimum Gasteiger partial charge on any atom is -0.497 e. The second-order valence-electron chi connectivity index (χ2n) is 7.15. The molecular weight excluding hydrogens is 377 g/mol. The third-order valence-electron chi connectivity index (χ3n) is 5.15. The number of benzene rings is 4. The first-order valence-corrected chi connectivity index (χ1v) is 9.78. The first-order valence-electron chi connectivity index (χ1n) is 9.78. The Morgan fingerprint density at radius 1 is 0.833 bits per heavy atom. The normalized spacial score (nSPS) is 10.7. The van der Waals surface area contributed by atoms with Gasteiger partial charge in [0.15, 0.2) is 0 Å². The van der Waals surface area contributed by atoms with E-state index in [2.05, 4.69) is 18.2 Å². The van der Waals surface area contributed by atoms with Crippen molar-refractivity contribution < 1.29 is 13.9 Å². The van der Waals surface area contributed by atoms with E-state index in [4.69, 9.17) is 4.74 Å². The van der Waals surface area contributed by atoms with Crippen molar-refractivity contribution in [3.05, 3.63) is 114 Å². The van der Waals surface area contributed by atoms with Crippen LogP contribution in [0.15, 0.2) is 91.0 Å². The summed E-state index contributed by atoms with van der Waals surface area (Å²) in [5, 5.41) is 2.25. The number of hydrogen-bond donors (Lipinski definition) is 0. The smallest absolute Gasteiger partial charge is 0.254 e. The van der Waals surface area contributed by atoms with Gasteiger partial charge in [-0.1, -0.05) is 54.6 Å². The minimum atomic E-state index is -0.359. The quantitative estimate of drug-likeness (QED) is 0.408. The van der Waals surface area contributed by atoms with Crippen molar-refractivity contribution >= 4 is 16.7 Å². The summed E-state index contributed by atoms with van der Waals surface area (Å²) in [6.45, 7) is 0.882. The zero-order chi connectivity index (χ0) is 20.9. The molecule has 0 heterocycles. The number of halogens is 1. The van der Waals surface area contributed by atoms with Crippen LogP contribution in [0.3, 0.4) is 0 Å². The lowest BCUT2D eigenvalue weighted by Gasteiger charge is -2.24. The number of carbonyl (C=O) groups is 1. The van der Waals surface area contributed by atoms with Gasteiger partial charge in [0.2, 0.25) is 0 Å². The Hall–Kier alpha value is -3.66. The summed E-state index contributed by atoms with van der Waals surface area (Å²) in [5.41, 5.74) is 2.52. The van der Waals surface area contributed by atoms with Gasteiger partial charge < -0.3 is 9.64 Å². The van der Waals surface area contributed by atoms with E-state index in [0.29, 0.717) is 18.7 Å². The van der Waals surface area contributed by atoms with Crippen LogP contribution in [-0.2, 0) is 13.1 Å². The van der Waals surface area contributed by atoms with Crippen LogP contribution in [0.2, 0.25) is 0 Å². The molecule has 1 amide bonds. The van der Waals surface area contributed by atoms with Crippen LogP contribution in [0, 0.1) is 5.82 Å². The molecule has 0 N–H and O–H groups in total. The van der Waals surface area contributed by atoms with Crippen LogP contribution in [0.25, 0.3) is 10.8 Å². The topological polar surface area (TPSA) is 29.5 Å². The van der Waals surface area contributed by atoms with Gasteiger partial charge in [0.1, 0.15) is 11.6 Å². The largest absolute Gasteiger partial charge is 0.497 e. The molecular formula is C26H22FNO2. The molecule has 0 saturated carbocycles. The third-order valence-corrected chi connectivity index (χ3v) is 5.15. The van der Waals surface area contributed by atoms with Crippen LogP contribution in [0.4, 0.5) is 4.39 Å². The van der Waals surface area contributed by atoms with Crippen LogP contribution in [-0.4, -0.2) is 17.9 Å². The fraction of sp³-hybridized carbons (Fsp3) is 0.115. The van der Waals surface area contributed by atoms with E-state index in [-0.39, 0.29) is 11.7 Å². The van der Waals surface area contributed by atoms with Crippen molar-refractivity contribution in [1.82, 2.24) is 4.90 Å². The highest BCUT2D eigenvalue weighted by Gasteiger charge is 2.18. The summed E-state index contributed by atoms with van der Waals surface area (Å²) in [4.78, 5) is 15.1. The average molecular weight is 399 g/mol. The summed E-state index contributed by atoms with van der Waals surface area (Å²) in [6.07, 6.45) is 0. The van der Waals surface area contributed by atoms with Gasteiger partial charge in [-0.25, -0.2) is 4.39 Å². The van der Waals surface area contributed by atoms with E-state index in [1.165, 1.54) is 24.3 Å². The lowest BCUT2D eigenvalue weighted by atomic mass is 10.0. The highest BCUT2D eigenvalue weighted by molar-refractivity contribution is 5.94. The van der Waals surface area contributed by atoms with Crippen molar-refractivity contribution in [1.29, 1.82) is 0 Å². The molecule has 0 aliphatic heterocycles. The number of amides is 1. The molecule has 0 aliphatic rings. The second kappa shape index (κ2) is 8.78. The van der Waals surface area contributed by atoms with Crippen molar-refractivity contribution in [2.75, 3.05) is 7.11 Å². The third kappa shape index (κ3) is 4.33. The Morgan fingerprint density at radius 2 is 1.53 bits per heavy atom. The fourth-order valence-electron chi connectivity index (χ4n) is 3.56. The maximum atomic E-state index is 13.4. The van der Waals surface area contributed by atoms with Crippen LogP contribution < -0.4 is 4.74 Å². The number of hydrogen-bond acceptors (Lipinski definition) is 2. The molecule has 0 radical (unpaired) electrons. The van der Waals surface area contributed by atoms with E-state index < -0.39 is 0 Å². The molecule has 30 heavy (non-hydrogen) atoms. The average Bonchev–Trinajstić information content (AvgIpc) is 2.79. The lowest BCUT2D eigenvalue weighted by molar-refractivity contribution is 0.0730. The Balaban J connectivity index is 1.68. The molecule has 0 fully saturated rings. The molecule has 0 aromatic heterocycles. The zero-order valence-corrected chi connectivity index (χ0v) is 16.7. The summed E-state index contributed by atoms with van der Waals surface area (Å²) in [7, 11) is 1.62. The molecule has 0 bridgehead atoms. The van der Waals surface area contributed by atoms with Gasteiger partial charge in [0, 0.05) is 18.7 Å². The number of rotatable bonds is 6. The first-order chi connectivity index (χ1) is 14.6.